The Kier molecular flexibility index (Phi) is 6.58. The SMILES string of the molecule is CC.CCCc1nc(N)ccc1C(F)F. The minimum absolute atomic E-state index is 0.00366. The molecule has 0 atom stereocenters. The third-order valence-electron chi connectivity index (χ3n) is 1.75. The monoisotopic (exact) mass is 216 g/mol. The first-order chi connectivity index (χ1) is 7.15. The number of anilines is 1. The van der Waals surface area contributed by atoms with Gasteiger partial charge in [-0.15, -0.1) is 0 Å². The lowest BCUT2D eigenvalue weighted by Crippen LogP contribution is -2.01. The molecule has 1 aromatic heterocycles. The van der Waals surface area contributed by atoms with Gasteiger partial charge in [0.2, 0.25) is 0 Å². The van der Waals surface area contributed by atoms with Gasteiger partial charge in [0.05, 0.1) is 5.69 Å². The number of alkyl halides is 2. The first kappa shape index (κ1) is 13.8. The van der Waals surface area contributed by atoms with Gasteiger partial charge in [-0.1, -0.05) is 27.2 Å². The van der Waals surface area contributed by atoms with Crippen LogP contribution in [0.5, 0.6) is 0 Å². The second-order valence-electron chi connectivity index (χ2n) is 2.82. The van der Waals surface area contributed by atoms with E-state index in [1.165, 1.54) is 12.1 Å². The van der Waals surface area contributed by atoms with Crippen LogP contribution in [0.15, 0.2) is 12.1 Å². The normalized spacial score (nSPS) is 9.73. The quantitative estimate of drug-likeness (QED) is 0.838. The maximum atomic E-state index is 12.4. The summed E-state index contributed by atoms with van der Waals surface area (Å²) < 4.78 is 24.8. The van der Waals surface area contributed by atoms with E-state index in [4.69, 9.17) is 5.73 Å². The molecule has 15 heavy (non-hydrogen) atoms. The van der Waals surface area contributed by atoms with E-state index in [-0.39, 0.29) is 5.56 Å². The lowest BCUT2D eigenvalue weighted by Gasteiger charge is -2.07. The molecule has 0 unspecified atom stereocenters. The van der Waals surface area contributed by atoms with Gasteiger partial charge < -0.3 is 5.73 Å². The van der Waals surface area contributed by atoms with E-state index in [0.29, 0.717) is 17.9 Å². The number of hydrogen-bond donors (Lipinski definition) is 1. The van der Waals surface area contributed by atoms with E-state index in [9.17, 15) is 8.78 Å². The van der Waals surface area contributed by atoms with Gasteiger partial charge in [0.1, 0.15) is 5.82 Å². The fraction of sp³-hybridized carbons (Fsp3) is 0.545. The molecule has 0 aliphatic heterocycles. The van der Waals surface area contributed by atoms with E-state index in [1.54, 1.807) is 0 Å². The molecule has 0 aliphatic rings. The summed E-state index contributed by atoms with van der Waals surface area (Å²) >= 11 is 0. The summed E-state index contributed by atoms with van der Waals surface area (Å²) in [5.41, 5.74) is 5.81. The minimum atomic E-state index is -2.46. The number of nitrogens with zero attached hydrogens (tertiary/aromatic N) is 1. The van der Waals surface area contributed by atoms with Crippen molar-refractivity contribution < 1.29 is 8.78 Å². The fourth-order valence-electron chi connectivity index (χ4n) is 1.16. The van der Waals surface area contributed by atoms with Crippen LogP contribution in [0.2, 0.25) is 0 Å². The topological polar surface area (TPSA) is 38.9 Å². The highest BCUT2D eigenvalue weighted by molar-refractivity contribution is 5.34. The molecule has 0 saturated heterocycles. The second kappa shape index (κ2) is 7.15. The van der Waals surface area contributed by atoms with Crippen molar-refractivity contribution >= 4 is 5.82 Å². The first-order valence-corrected chi connectivity index (χ1v) is 5.18. The first-order valence-electron chi connectivity index (χ1n) is 5.18. The van der Waals surface area contributed by atoms with Crippen molar-refractivity contribution in [1.82, 2.24) is 4.98 Å². The Morgan fingerprint density at radius 2 is 1.93 bits per heavy atom. The fourth-order valence-corrected chi connectivity index (χ4v) is 1.16. The average molecular weight is 216 g/mol. The van der Waals surface area contributed by atoms with Crippen molar-refractivity contribution in [2.45, 2.75) is 40.0 Å². The Morgan fingerprint density at radius 3 is 2.40 bits per heavy atom. The van der Waals surface area contributed by atoms with Crippen LogP contribution in [0.4, 0.5) is 14.6 Å². The molecule has 2 nitrogen and oxygen atoms in total. The average Bonchev–Trinajstić information content (AvgIpc) is 2.21. The molecule has 0 spiro atoms. The molecule has 0 saturated carbocycles. The zero-order chi connectivity index (χ0) is 11.8. The van der Waals surface area contributed by atoms with Crippen LogP contribution in [0.3, 0.4) is 0 Å². The molecule has 2 N–H and O–H groups in total. The number of hydrogen-bond acceptors (Lipinski definition) is 2. The zero-order valence-electron chi connectivity index (χ0n) is 9.43. The van der Waals surface area contributed by atoms with E-state index >= 15 is 0 Å². The lowest BCUT2D eigenvalue weighted by atomic mass is 10.1. The number of aryl methyl sites for hydroxylation is 1. The molecular formula is C11H18F2N2. The highest BCUT2D eigenvalue weighted by atomic mass is 19.3. The van der Waals surface area contributed by atoms with Crippen LogP contribution in [0.25, 0.3) is 0 Å². The second-order valence-corrected chi connectivity index (χ2v) is 2.82. The third kappa shape index (κ3) is 4.23. The van der Waals surface area contributed by atoms with Gasteiger partial charge in [0.25, 0.3) is 6.43 Å². The van der Waals surface area contributed by atoms with Crippen LogP contribution in [-0.2, 0) is 6.42 Å². The molecule has 0 bridgehead atoms. The summed E-state index contributed by atoms with van der Waals surface area (Å²) in [6, 6.07) is 2.75. The number of nitrogens with two attached hydrogens (primary N) is 1. The van der Waals surface area contributed by atoms with Gasteiger partial charge >= 0.3 is 0 Å². The molecule has 0 fully saturated rings. The molecule has 1 aromatic rings. The van der Waals surface area contributed by atoms with Crippen LogP contribution >= 0.6 is 0 Å². The van der Waals surface area contributed by atoms with Crippen molar-refractivity contribution in [2.75, 3.05) is 5.73 Å². The van der Waals surface area contributed by atoms with Crippen molar-refractivity contribution in [3.05, 3.63) is 23.4 Å². The Morgan fingerprint density at radius 1 is 1.33 bits per heavy atom. The van der Waals surface area contributed by atoms with Gasteiger partial charge in [0, 0.05) is 5.56 Å². The predicted octanol–water partition coefficient (Wildman–Crippen LogP) is 3.58. The molecule has 1 rings (SSSR count). The number of nitrogen functional groups attached to an aromatic ring is 1. The van der Waals surface area contributed by atoms with Gasteiger partial charge in [-0.05, 0) is 18.6 Å². The Hall–Kier alpha value is -1.19. The number of halogens is 2. The number of pyridine rings is 1. The summed E-state index contributed by atoms with van der Waals surface area (Å²) in [5.74, 6) is 0.299. The largest absolute Gasteiger partial charge is 0.384 e. The van der Waals surface area contributed by atoms with Gasteiger partial charge in [0.15, 0.2) is 0 Å². The summed E-state index contributed by atoms with van der Waals surface area (Å²) in [4.78, 5) is 3.88. The maximum Gasteiger partial charge on any atom is 0.265 e. The molecule has 86 valence electrons. The summed E-state index contributed by atoms with van der Waals surface area (Å²) in [6.45, 7) is 5.92. The van der Waals surface area contributed by atoms with Crippen LogP contribution in [0.1, 0.15) is 44.9 Å². The highest BCUT2D eigenvalue weighted by Gasteiger charge is 2.13. The standard InChI is InChI=1S/C9H12F2N2.C2H6/c1-2-3-7-6(9(10)11)4-5-8(12)13-7;1-2/h4-5,9H,2-3H2,1H3,(H2,12,13);1-2H3. The van der Waals surface area contributed by atoms with Crippen LogP contribution in [0, 0.1) is 0 Å². The number of aromatic nitrogens is 1. The summed E-state index contributed by atoms with van der Waals surface area (Å²) in [7, 11) is 0. The number of rotatable bonds is 3. The van der Waals surface area contributed by atoms with Crippen LogP contribution < -0.4 is 5.73 Å². The molecular weight excluding hydrogens is 198 g/mol. The third-order valence-corrected chi connectivity index (χ3v) is 1.75. The van der Waals surface area contributed by atoms with Crippen molar-refractivity contribution in [2.24, 2.45) is 0 Å². The van der Waals surface area contributed by atoms with E-state index < -0.39 is 6.43 Å². The maximum absolute atomic E-state index is 12.4. The summed E-state index contributed by atoms with van der Waals surface area (Å²) in [6.07, 6.45) is -1.13. The Labute approximate surface area is 89.5 Å². The molecule has 0 aliphatic carbocycles. The van der Waals surface area contributed by atoms with E-state index in [1.807, 2.05) is 20.8 Å². The molecule has 0 radical (unpaired) electrons. The van der Waals surface area contributed by atoms with E-state index in [0.717, 1.165) is 6.42 Å². The van der Waals surface area contributed by atoms with Gasteiger partial charge in [-0.25, -0.2) is 13.8 Å². The smallest absolute Gasteiger partial charge is 0.265 e. The Bertz CT molecular complexity index is 288. The molecule has 4 heteroatoms. The molecule has 0 amide bonds. The predicted molar refractivity (Wildman–Crippen MR) is 58.9 cm³/mol. The van der Waals surface area contributed by atoms with E-state index in [2.05, 4.69) is 4.98 Å². The van der Waals surface area contributed by atoms with Crippen molar-refractivity contribution in [3.8, 4) is 0 Å². The van der Waals surface area contributed by atoms with Crippen LogP contribution in [-0.4, -0.2) is 4.98 Å². The molecule has 0 aromatic carbocycles. The summed E-state index contributed by atoms with van der Waals surface area (Å²) in [5, 5.41) is 0. The minimum Gasteiger partial charge on any atom is -0.384 e. The van der Waals surface area contributed by atoms with Crippen molar-refractivity contribution in [1.29, 1.82) is 0 Å². The highest BCUT2D eigenvalue weighted by Crippen LogP contribution is 2.23. The van der Waals surface area contributed by atoms with Gasteiger partial charge in [-0.3, -0.25) is 0 Å². The Balaban J connectivity index is 0.000000921. The molecule has 1 heterocycles. The zero-order valence-corrected chi connectivity index (χ0v) is 9.43. The lowest BCUT2D eigenvalue weighted by molar-refractivity contribution is 0.149. The van der Waals surface area contributed by atoms with Gasteiger partial charge in [-0.2, -0.15) is 0 Å². The van der Waals surface area contributed by atoms with Crippen molar-refractivity contribution in [3.63, 3.8) is 0 Å².